The summed E-state index contributed by atoms with van der Waals surface area (Å²) in [7, 11) is 0. The molecule has 1 aliphatic rings. The van der Waals surface area contributed by atoms with Gasteiger partial charge in [-0.1, -0.05) is 35.3 Å². The Kier molecular flexibility index (Phi) is 6.31. The number of halogens is 2. The summed E-state index contributed by atoms with van der Waals surface area (Å²) < 4.78 is 0. The van der Waals surface area contributed by atoms with Gasteiger partial charge in [0.2, 0.25) is 5.91 Å². The van der Waals surface area contributed by atoms with Crippen molar-refractivity contribution in [3.8, 4) is 0 Å². The maximum absolute atomic E-state index is 12.5. The Balaban J connectivity index is 1.55. The number of non-ortho nitro benzene ring substituents is 1. The zero-order valence-corrected chi connectivity index (χ0v) is 16.0. The number of rotatable bonds is 5. The summed E-state index contributed by atoms with van der Waals surface area (Å²) in [5.74, 6) is -0.229. The number of likely N-dealkylation sites (tertiary alicyclic amines) is 1. The van der Waals surface area contributed by atoms with Crippen molar-refractivity contribution in [3.63, 3.8) is 0 Å². The molecule has 1 heterocycles. The lowest BCUT2D eigenvalue weighted by atomic mass is 9.95. The Bertz CT molecular complexity index is 832. The minimum atomic E-state index is -0.478. The largest absolute Gasteiger partial charge is 0.326 e. The van der Waals surface area contributed by atoms with Crippen LogP contribution in [0.3, 0.4) is 0 Å². The van der Waals surface area contributed by atoms with Crippen LogP contribution in [-0.2, 0) is 11.3 Å². The van der Waals surface area contributed by atoms with E-state index in [2.05, 4.69) is 10.2 Å². The number of benzene rings is 2. The summed E-state index contributed by atoms with van der Waals surface area (Å²) in [6.45, 7) is 2.17. The second-order valence-corrected chi connectivity index (χ2v) is 7.36. The molecule has 0 aromatic heterocycles. The van der Waals surface area contributed by atoms with E-state index in [9.17, 15) is 14.9 Å². The summed E-state index contributed by atoms with van der Waals surface area (Å²) in [5.41, 5.74) is 1.30. The van der Waals surface area contributed by atoms with Crippen molar-refractivity contribution >= 4 is 40.5 Å². The molecule has 2 aromatic rings. The van der Waals surface area contributed by atoms with Crippen LogP contribution in [-0.4, -0.2) is 28.8 Å². The van der Waals surface area contributed by atoms with E-state index in [0.29, 0.717) is 35.1 Å². The average Bonchev–Trinajstić information content (AvgIpc) is 2.65. The summed E-state index contributed by atoms with van der Waals surface area (Å²) >= 11 is 12.5. The number of carbonyl (C=O) groups excluding carboxylic acids is 1. The monoisotopic (exact) mass is 407 g/mol. The van der Waals surface area contributed by atoms with Gasteiger partial charge in [0.25, 0.3) is 5.69 Å². The van der Waals surface area contributed by atoms with Crippen molar-refractivity contribution in [1.29, 1.82) is 0 Å². The van der Waals surface area contributed by atoms with E-state index in [1.54, 1.807) is 12.1 Å². The molecule has 1 fully saturated rings. The van der Waals surface area contributed by atoms with E-state index < -0.39 is 4.92 Å². The zero-order chi connectivity index (χ0) is 19.4. The van der Waals surface area contributed by atoms with Crippen molar-refractivity contribution in [2.45, 2.75) is 19.4 Å². The van der Waals surface area contributed by atoms with Gasteiger partial charge in [0.1, 0.15) is 0 Å². The van der Waals surface area contributed by atoms with Gasteiger partial charge in [-0.15, -0.1) is 0 Å². The number of piperidine rings is 1. The van der Waals surface area contributed by atoms with Crippen LogP contribution in [0.25, 0.3) is 0 Å². The van der Waals surface area contributed by atoms with E-state index in [4.69, 9.17) is 23.2 Å². The maximum atomic E-state index is 12.5. The highest BCUT2D eigenvalue weighted by Gasteiger charge is 2.26. The Morgan fingerprint density at radius 1 is 1.15 bits per heavy atom. The van der Waals surface area contributed by atoms with E-state index >= 15 is 0 Å². The molecular weight excluding hydrogens is 389 g/mol. The van der Waals surface area contributed by atoms with Crippen LogP contribution in [0.5, 0.6) is 0 Å². The van der Waals surface area contributed by atoms with Crippen LogP contribution in [0, 0.1) is 16.0 Å². The van der Waals surface area contributed by atoms with Gasteiger partial charge in [0, 0.05) is 45.9 Å². The Morgan fingerprint density at radius 3 is 2.41 bits per heavy atom. The molecule has 0 atom stereocenters. The minimum absolute atomic E-state index is 0.0424. The molecule has 2 aromatic carbocycles. The first-order valence-corrected chi connectivity index (χ1v) is 9.40. The van der Waals surface area contributed by atoms with Crippen LogP contribution < -0.4 is 5.32 Å². The Morgan fingerprint density at radius 2 is 1.78 bits per heavy atom. The lowest BCUT2D eigenvalue weighted by Crippen LogP contribution is -2.37. The second kappa shape index (κ2) is 8.69. The molecule has 1 aliphatic heterocycles. The molecule has 142 valence electrons. The molecule has 0 radical (unpaired) electrons. The summed E-state index contributed by atoms with van der Waals surface area (Å²) in [6, 6.07) is 11.4. The van der Waals surface area contributed by atoms with Gasteiger partial charge < -0.3 is 5.32 Å². The van der Waals surface area contributed by atoms with Crippen molar-refractivity contribution in [2.24, 2.45) is 5.92 Å². The topological polar surface area (TPSA) is 75.5 Å². The summed E-state index contributed by atoms with van der Waals surface area (Å²) in [5, 5.41) is 14.9. The fourth-order valence-corrected chi connectivity index (χ4v) is 3.72. The predicted molar refractivity (Wildman–Crippen MR) is 106 cm³/mol. The zero-order valence-electron chi connectivity index (χ0n) is 14.5. The van der Waals surface area contributed by atoms with E-state index in [-0.39, 0.29) is 17.5 Å². The number of amides is 1. The molecule has 8 heteroatoms. The SMILES string of the molecule is O=C(Nc1cccc([N+](=O)[O-])c1)C1CCN(Cc2c(Cl)cccc2Cl)CC1. The number of nitro benzene ring substituents is 1. The lowest BCUT2D eigenvalue weighted by molar-refractivity contribution is -0.384. The van der Waals surface area contributed by atoms with Gasteiger partial charge in [0.05, 0.1) is 4.92 Å². The number of nitro groups is 1. The third-order valence-electron chi connectivity index (χ3n) is 4.73. The number of carbonyl (C=O) groups is 1. The maximum Gasteiger partial charge on any atom is 0.271 e. The molecule has 3 rings (SSSR count). The van der Waals surface area contributed by atoms with Crippen molar-refractivity contribution in [1.82, 2.24) is 4.90 Å². The van der Waals surface area contributed by atoms with Crippen molar-refractivity contribution in [3.05, 3.63) is 68.2 Å². The molecule has 0 saturated carbocycles. The number of nitrogens with zero attached hydrogens (tertiary/aromatic N) is 2. The highest BCUT2D eigenvalue weighted by Crippen LogP contribution is 2.28. The quantitative estimate of drug-likeness (QED) is 0.572. The van der Waals surface area contributed by atoms with Gasteiger partial charge in [-0.2, -0.15) is 0 Å². The summed E-state index contributed by atoms with van der Waals surface area (Å²) in [6.07, 6.45) is 1.42. The highest BCUT2D eigenvalue weighted by molar-refractivity contribution is 6.35. The van der Waals surface area contributed by atoms with Gasteiger partial charge in [-0.05, 0) is 44.1 Å². The van der Waals surface area contributed by atoms with E-state index in [0.717, 1.165) is 18.7 Å². The fraction of sp³-hybridized carbons (Fsp3) is 0.316. The molecule has 27 heavy (non-hydrogen) atoms. The first kappa shape index (κ1) is 19.6. The molecule has 0 unspecified atom stereocenters. The number of hydrogen-bond acceptors (Lipinski definition) is 4. The normalized spacial score (nSPS) is 15.5. The molecule has 0 aliphatic carbocycles. The Hall–Kier alpha value is -2.15. The second-order valence-electron chi connectivity index (χ2n) is 6.55. The molecule has 0 spiro atoms. The summed E-state index contributed by atoms with van der Waals surface area (Å²) in [4.78, 5) is 25.1. The van der Waals surface area contributed by atoms with Crippen molar-refractivity contribution < 1.29 is 9.72 Å². The minimum Gasteiger partial charge on any atom is -0.326 e. The van der Waals surface area contributed by atoms with Crippen LogP contribution in [0.2, 0.25) is 10.0 Å². The Labute approximate surface area is 167 Å². The van der Waals surface area contributed by atoms with Gasteiger partial charge in [-0.3, -0.25) is 19.8 Å². The van der Waals surface area contributed by atoms with Gasteiger partial charge in [-0.25, -0.2) is 0 Å². The van der Waals surface area contributed by atoms with Gasteiger partial charge in [0.15, 0.2) is 0 Å². The van der Waals surface area contributed by atoms with E-state index in [1.165, 1.54) is 12.1 Å². The molecule has 6 nitrogen and oxygen atoms in total. The van der Waals surface area contributed by atoms with Crippen LogP contribution in [0.15, 0.2) is 42.5 Å². The molecule has 1 amide bonds. The highest BCUT2D eigenvalue weighted by atomic mass is 35.5. The average molecular weight is 408 g/mol. The van der Waals surface area contributed by atoms with Crippen molar-refractivity contribution in [2.75, 3.05) is 18.4 Å². The smallest absolute Gasteiger partial charge is 0.271 e. The first-order chi connectivity index (χ1) is 12.9. The molecule has 0 bridgehead atoms. The first-order valence-electron chi connectivity index (χ1n) is 8.64. The van der Waals surface area contributed by atoms with Crippen LogP contribution in [0.1, 0.15) is 18.4 Å². The third-order valence-corrected chi connectivity index (χ3v) is 5.43. The number of hydrogen-bond donors (Lipinski definition) is 1. The van der Waals surface area contributed by atoms with Crippen LogP contribution >= 0.6 is 23.2 Å². The number of nitrogens with one attached hydrogen (secondary N) is 1. The van der Waals surface area contributed by atoms with Crippen LogP contribution in [0.4, 0.5) is 11.4 Å². The van der Waals surface area contributed by atoms with E-state index in [1.807, 2.05) is 18.2 Å². The third kappa shape index (κ3) is 4.97. The van der Waals surface area contributed by atoms with Gasteiger partial charge >= 0.3 is 0 Å². The molecule has 1 saturated heterocycles. The standard InChI is InChI=1S/C19H19Cl2N3O3/c20-17-5-2-6-18(21)16(17)12-23-9-7-13(8-10-23)19(25)22-14-3-1-4-15(11-14)24(26)27/h1-6,11,13H,7-10,12H2,(H,22,25). The fourth-order valence-electron chi connectivity index (χ4n) is 3.20. The number of anilines is 1. The predicted octanol–water partition coefficient (Wildman–Crippen LogP) is 4.75. The molecule has 1 N–H and O–H groups in total. The lowest BCUT2D eigenvalue weighted by Gasteiger charge is -2.31. The molecular formula is C19H19Cl2N3O3.